The molecule has 0 aliphatic rings. The molecule has 0 heterocycles. The van der Waals surface area contributed by atoms with Crippen LogP contribution in [0.25, 0.3) is 0 Å². The first-order valence-corrected chi connectivity index (χ1v) is 29.3. The number of phosphoric ester groups is 1. The van der Waals surface area contributed by atoms with Crippen LogP contribution in [-0.2, 0) is 32.7 Å². The van der Waals surface area contributed by atoms with E-state index in [1.54, 1.807) is 0 Å². The molecule has 0 aromatic heterocycles. The van der Waals surface area contributed by atoms with Gasteiger partial charge in [-0.1, -0.05) is 250 Å². The molecule has 0 bridgehead atoms. The largest absolute Gasteiger partial charge is 0.472 e. The molecule has 0 spiro atoms. The summed E-state index contributed by atoms with van der Waals surface area (Å²) in [4.78, 5) is 34.8. The predicted molar refractivity (Wildman–Crippen MR) is 275 cm³/mol. The summed E-state index contributed by atoms with van der Waals surface area (Å²) in [6, 6.07) is 0. The Morgan fingerprint density at radius 1 is 0.462 bits per heavy atom. The maximum absolute atomic E-state index is 12.6. The van der Waals surface area contributed by atoms with E-state index in [-0.39, 0.29) is 38.6 Å². The number of nitrogens with two attached hydrogens (primary N) is 1. The SMILES string of the molecule is CCCCCCC/C=C\C/C=C\CCCCCCCCCCCCCCCCCCCCCCCCCCCC(=O)OC(COC(=O)CCCCCCCCC)COP(=O)(O)OCCN. The van der Waals surface area contributed by atoms with Crippen molar-refractivity contribution in [3.63, 3.8) is 0 Å². The molecule has 0 aliphatic carbocycles. The number of carbonyl (C=O) groups excluding carboxylic acids is 2. The monoisotopic (exact) mass is 940 g/mol. The molecule has 0 aromatic rings. The Morgan fingerprint density at radius 3 is 1.17 bits per heavy atom. The van der Waals surface area contributed by atoms with Crippen molar-refractivity contribution in [3.05, 3.63) is 24.3 Å². The Kier molecular flexibility index (Phi) is 50.7. The molecule has 2 unspecified atom stereocenters. The minimum absolute atomic E-state index is 0.0565. The summed E-state index contributed by atoms with van der Waals surface area (Å²) >= 11 is 0. The second-order valence-electron chi connectivity index (χ2n) is 18.8. The molecule has 3 N–H and O–H groups in total. The van der Waals surface area contributed by atoms with Gasteiger partial charge in [-0.15, -0.1) is 0 Å². The number of ether oxygens (including phenoxy) is 2. The van der Waals surface area contributed by atoms with E-state index in [2.05, 4.69) is 38.2 Å². The lowest BCUT2D eigenvalue weighted by Gasteiger charge is -2.19. The quantitative estimate of drug-likeness (QED) is 0.0264. The molecule has 0 radical (unpaired) electrons. The summed E-state index contributed by atoms with van der Waals surface area (Å²) in [6.45, 7) is 3.71. The van der Waals surface area contributed by atoms with Crippen LogP contribution < -0.4 is 5.73 Å². The molecule has 65 heavy (non-hydrogen) atoms. The maximum Gasteiger partial charge on any atom is 0.472 e. The van der Waals surface area contributed by atoms with Crippen LogP contribution in [0.1, 0.15) is 284 Å². The van der Waals surface area contributed by atoms with Gasteiger partial charge in [-0.3, -0.25) is 18.6 Å². The van der Waals surface area contributed by atoms with E-state index in [1.165, 1.54) is 212 Å². The fourth-order valence-corrected chi connectivity index (χ4v) is 8.96. The van der Waals surface area contributed by atoms with Gasteiger partial charge in [0.05, 0.1) is 13.2 Å². The van der Waals surface area contributed by atoms with E-state index in [4.69, 9.17) is 24.3 Å². The first-order chi connectivity index (χ1) is 31.8. The van der Waals surface area contributed by atoms with E-state index in [0.717, 1.165) is 38.5 Å². The number of hydrogen-bond acceptors (Lipinski definition) is 8. The molecular formula is C55H106NO8P. The van der Waals surface area contributed by atoms with E-state index in [1.807, 2.05) is 0 Å². The van der Waals surface area contributed by atoms with Crippen molar-refractivity contribution in [1.29, 1.82) is 0 Å². The lowest BCUT2D eigenvalue weighted by Crippen LogP contribution is -2.29. The number of hydrogen-bond donors (Lipinski definition) is 2. The van der Waals surface area contributed by atoms with Crippen molar-refractivity contribution in [3.8, 4) is 0 Å². The van der Waals surface area contributed by atoms with Gasteiger partial charge in [-0.2, -0.15) is 0 Å². The molecule has 0 rings (SSSR count). The van der Waals surface area contributed by atoms with Gasteiger partial charge < -0.3 is 20.1 Å². The van der Waals surface area contributed by atoms with Crippen LogP contribution in [-0.4, -0.2) is 49.3 Å². The lowest BCUT2D eigenvalue weighted by molar-refractivity contribution is -0.161. The molecule has 0 fully saturated rings. The van der Waals surface area contributed by atoms with E-state index in [0.29, 0.717) is 6.42 Å². The minimum atomic E-state index is -4.37. The average molecular weight is 940 g/mol. The topological polar surface area (TPSA) is 134 Å². The molecule has 0 amide bonds. The van der Waals surface area contributed by atoms with Crippen molar-refractivity contribution < 1.29 is 37.6 Å². The van der Waals surface area contributed by atoms with Crippen LogP contribution in [0.3, 0.4) is 0 Å². The molecule has 0 saturated carbocycles. The van der Waals surface area contributed by atoms with Crippen molar-refractivity contribution >= 4 is 19.8 Å². The second-order valence-corrected chi connectivity index (χ2v) is 20.3. The lowest BCUT2D eigenvalue weighted by atomic mass is 10.0. The molecule has 384 valence electrons. The minimum Gasteiger partial charge on any atom is -0.462 e. The third-order valence-electron chi connectivity index (χ3n) is 12.3. The van der Waals surface area contributed by atoms with Gasteiger partial charge in [0.25, 0.3) is 0 Å². The first-order valence-electron chi connectivity index (χ1n) is 27.8. The van der Waals surface area contributed by atoms with Gasteiger partial charge in [0.2, 0.25) is 0 Å². The Balaban J connectivity index is 3.66. The van der Waals surface area contributed by atoms with Crippen molar-refractivity contribution in [2.75, 3.05) is 26.4 Å². The van der Waals surface area contributed by atoms with Gasteiger partial charge in [0.15, 0.2) is 6.10 Å². The molecule has 2 atom stereocenters. The fourth-order valence-electron chi connectivity index (χ4n) is 8.20. The summed E-state index contributed by atoms with van der Waals surface area (Å²) < 4.78 is 32.7. The number of phosphoric acid groups is 1. The zero-order valence-corrected chi connectivity index (χ0v) is 43.6. The zero-order chi connectivity index (χ0) is 47.4. The van der Waals surface area contributed by atoms with E-state index < -0.39 is 26.5 Å². The molecule has 9 nitrogen and oxygen atoms in total. The third kappa shape index (κ3) is 51.7. The Morgan fingerprint density at radius 2 is 0.800 bits per heavy atom. The summed E-state index contributed by atoms with van der Waals surface area (Å²) in [5.74, 6) is -0.822. The van der Waals surface area contributed by atoms with Crippen LogP contribution in [0.2, 0.25) is 0 Å². The summed E-state index contributed by atoms with van der Waals surface area (Å²) in [7, 11) is -4.37. The van der Waals surface area contributed by atoms with E-state index >= 15 is 0 Å². The molecule has 10 heteroatoms. The zero-order valence-electron chi connectivity index (χ0n) is 42.7. The summed E-state index contributed by atoms with van der Waals surface area (Å²) in [6.07, 6.45) is 60.1. The van der Waals surface area contributed by atoms with E-state index in [9.17, 15) is 19.0 Å². The van der Waals surface area contributed by atoms with Crippen LogP contribution in [0, 0.1) is 0 Å². The summed E-state index contributed by atoms with van der Waals surface area (Å²) in [5.41, 5.74) is 5.35. The maximum atomic E-state index is 12.6. The number of rotatable bonds is 53. The van der Waals surface area contributed by atoms with Gasteiger partial charge in [0, 0.05) is 19.4 Å². The number of esters is 2. The highest BCUT2D eigenvalue weighted by atomic mass is 31.2. The third-order valence-corrected chi connectivity index (χ3v) is 13.3. The molecule has 0 saturated heterocycles. The molecule has 0 aliphatic heterocycles. The first kappa shape index (κ1) is 63.5. The summed E-state index contributed by atoms with van der Waals surface area (Å²) in [5, 5.41) is 0. The normalized spacial score (nSPS) is 13.2. The Hall–Kier alpha value is -1.51. The predicted octanol–water partition coefficient (Wildman–Crippen LogP) is 17.1. The van der Waals surface area contributed by atoms with Crippen LogP contribution in [0.15, 0.2) is 24.3 Å². The average Bonchev–Trinajstić information content (AvgIpc) is 3.30. The standard InChI is InChI=1S/C55H106NO8P/c1-3-5-7-9-11-12-13-14-15-16-17-18-19-20-21-22-23-24-25-26-27-28-29-30-31-32-33-34-35-36-37-38-39-40-42-44-46-48-55(58)64-53(52-63-65(59,60)62-50-49-56)51-61-54(57)47-45-43-41-10-8-6-4-2/h13-14,16-17,53H,3-12,15,18-52,56H2,1-2H3,(H,59,60)/b14-13-,17-16-. The Bertz CT molecular complexity index is 1120. The highest BCUT2D eigenvalue weighted by Gasteiger charge is 2.26. The van der Waals surface area contributed by atoms with Crippen molar-refractivity contribution in [2.45, 2.75) is 290 Å². The van der Waals surface area contributed by atoms with Crippen LogP contribution in [0.4, 0.5) is 0 Å². The van der Waals surface area contributed by atoms with Crippen molar-refractivity contribution in [1.82, 2.24) is 0 Å². The van der Waals surface area contributed by atoms with Crippen molar-refractivity contribution in [2.24, 2.45) is 5.73 Å². The fraction of sp³-hybridized carbons (Fsp3) is 0.891. The molecule has 0 aromatic carbocycles. The molecular weight excluding hydrogens is 834 g/mol. The van der Waals surface area contributed by atoms with Gasteiger partial charge in [0.1, 0.15) is 6.61 Å². The number of unbranched alkanes of at least 4 members (excludes halogenated alkanes) is 36. The van der Waals surface area contributed by atoms with Gasteiger partial charge in [-0.05, 0) is 44.9 Å². The van der Waals surface area contributed by atoms with Crippen LogP contribution in [0.5, 0.6) is 0 Å². The highest BCUT2D eigenvalue weighted by Crippen LogP contribution is 2.43. The number of carbonyl (C=O) groups is 2. The number of allylic oxidation sites excluding steroid dienone is 4. The van der Waals surface area contributed by atoms with Crippen LogP contribution >= 0.6 is 7.82 Å². The van der Waals surface area contributed by atoms with Gasteiger partial charge in [-0.25, -0.2) is 4.57 Å². The smallest absolute Gasteiger partial charge is 0.462 e. The highest BCUT2D eigenvalue weighted by molar-refractivity contribution is 7.47. The van der Waals surface area contributed by atoms with Gasteiger partial charge >= 0.3 is 19.8 Å². The second kappa shape index (κ2) is 51.9. The Labute approximate surface area is 402 Å².